The van der Waals surface area contributed by atoms with Gasteiger partial charge in [0.2, 0.25) is 0 Å². The lowest BCUT2D eigenvalue weighted by Gasteiger charge is -2.15. The highest BCUT2D eigenvalue weighted by Gasteiger charge is 2.30. The second kappa shape index (κ2) is 8.08. The predicted octanol–water partition coefficient (Wildman–Crippen LogP) is 2.34. The van der Waals surface area contributed by atoms with Crippen molar-refractivity contribution < 1.29 is 27.4 Å². The van der Waals surface area contributed by atoms with Crippen LogP contribution in [0.1, 0.15) is 5.56 Å². The van der Waals surface area contributed by atoms with Crippen molar-refractivity contribution in [2.75, 3.05) is 27.4 Å². The van der Waals surface area contributed by atoms with Gasteiger partial charge in [-0.25, -0.2) is 0 Å². The van der Waals surface area contributed by atoms with Crippen molar-refractivity contribution in [3.05, 3.63) is 29.8 Å². The molecule has 0 heterocycles. The Morgan fingerprint density at radius 2 is 1.80 bits per heavy atom. The summed E-state index contributed by atoms with van der Waals surface area (Å²) in [5.41, 5.74) is 0.854. The highest BCUT2D eigenvalue weighted by atomic mass is 19.4. The molecule has 0 amide bonds. The van der Waals surface area contributed by atoms with Crippen molar-refractivity contribution in [3.8, 4) is 5.75 Å². The molecular formula is C13H18F3NO3. The molecule has 0 fully saturated rings. The Morgan fingerprint density at radius 1 is 1.15 bits per heavy atom. The van der Waals surface area contributed by atoms with Gasteiger partial charge in [0.05, 0.1) is 12.7 Å². The van der Waals surface area contributed by atoms with Gasteiger partial charge in [0, 0.05) is 27.3 Å². The SMILES string of the molecule is COCC(CNCc1ccc(OC(F)(F)F)cc1)OC. The number of rotatable bonds is 8. The second-order valence-electron chi connectivity index (χ2n) is 4.14. The highest BCUT2D eigenvalue weighted by molar-refractivity contribution is 5.27. The Bertz CT molecular complexity index is 381. The van der Waals surface area contributed by atoms with E-state index in [1.54, 1.807) is 26.4 Å². The summed E-state index contributed by atoms with van der Waals surface area (Å²) in [4.78, 5) is 0. The summed E-state index contributed by atoms with van der Waals surface area (Å²) in [7, 11) is 3.18. The first-order valence-corrected chi connectivity index (χ1v) is 6.01. The number of methoxy groups -OCH3 is 2. The molecule has 0 aliphatic heterocycles. The van der Waals surface area contributed by atoms with Crippen molar-refractivity contribution >= 4 is 0 Å². The summed E-state index contributed by atoms with van der Waals surface area (Å²) < 4.78 is 49.9. The quantitative estimate of drug-likeness (QED) is 0.798. The van der Waals surface area contributed by atoms with E-state index < -0.39 is 6.36 Å². The number of benzene rings is 1. The van der Waals surface area contributed by atoms with E-state index in [-0.39, 0.29) is 11.9 Å². The molecule has 1 aromatic rings. The molecular weight excluding hydrogens is 275 g/mol. The van der Waals surface area contributed by atoms with Gasteiger partial charge < -0.3 is 19.5 Å². The maximum Gasteiger partial charge on any atom is 0.573 e. The lowest BCUT2D eigenvalue weighted by molar-refractivity contribution is -0.274. The van der Waals surface area contributed by atoms with Crippen molar-refractivity contribution in [1.29, 1.82) is 0 Å². The summed E-state index contributed by atoms with van der Waals surface area (Å²) in [6, 6.07) is 5.72. The minimum atomic E-state index is -4.66. The van der Waals surface area contributed by atoms with Gasteiger partial charge >= 0.3 is 6.36 Å². The summed E-state index contributed by atoms with van der Waals surface area (Å²) in [6.07, 6.45) is -4.72. The third-order valence-electron chi connectivity index (χ3n) is 2.54. The molecule has 1 atom stereocenters. The zero-order valence-corrected chi connectivity index (χ0v) is 11.4. The van der Waals surface area contributed by atoms with E-state index in [4.69, 9.17) is 9.47 Å². The summed E-state index contributed by atoms with van der Waals surface area (Å²) in [6.45, 7) is 1.59. The van der Waals surface area contributed by atoms with Gasteiger partial charge in [-0.1, -0.05) is 12.1 Å². The van der Waals surface area contributed by atoms with Crippen LogP contribution in [0, 0.1) is 0 Å². The lowest BCUT2D eigenvalue weighted by atomic mass is 10.2. The van der Waals surface area contributed by atoms with E-state index >= 15 is 0 Å². The molecule has 0 aliphatic carbocycles. The molecule has 4 nitrogen and oxygen atoms in total. The Labute approximate surface area is 115 Å². The van der Waals surface area contributed by atoms with Crippen molar-refractivity contribution in [1.82, 2.24) is 5.32 Å². The van der Waals surface area contributed by atoms with Crippen LogP contribution in [0.4, 0.5) is 13.2 Å². The molecule has 0 bridgehead atoms. The molecule has 0 aliphatic rings. The van der Waals surface area contributed by atoms with Crippen LogP contribution in [0.5, 0.6) is 5.75 Å². The topological polar surface area (TPSA) is 39.7 Å². The lowest BCUT2D eigenvalue weighted by Crippen LogP contribution is -2.31. The molecule has 1 rings (SSSR count). The van der Waals surface area contributed by atoms with Gasteiger partial charge in [0.1, 0.15) is 5.75 Å². The van der Waals surface area contributed by atoms with Gasteiger partial charge in [-0.15, -0.1) is 13.2 Å². The molecule has 1 aromatic carbocycles. The van der Waals surface area contributed by atoms with Gasteiger partial charge in [0.15, 0.2) is 0 Å². The average molecular weight is 293 g/mol. The molecule has 114 valence electrons. The van der Waals surface area contributed by atoms with Gasteiger partial charge in [-0.05, 0) is 17.7 Å². The van der Waals surface area contributed by atoms with Crippen LogP contribution in [0.3, 0.4) is 0 Å². The Hall–Kier alpha value is -1.31. The predicted molar refractivity (Wildman–Crippen MR) is 67.5 cm³/mol. The van der Waals surface area contributed by atoms with Crippen LogP contribution in [-0.2, 0) is 16.0 Å². The fourth-order valence-corrected chi connectivity index (χ4v) is 1.58. The average Bonchev–Trinajstić information content (AvgIpc) is 2.38. The molecule has 0 aromatic heterocycles. The minimum Gasteiger partial charge on any atom is -0.406 e. The Balaban J connectivity index is 2.38. The maximum atomic E-state index is 12.0. The molecule has 0 spiro atoms. The molecule has 7 heteroatoms. The number of alkyl halides is 3. The van der Waals surface area contributed by atoms with Crippen molar-refractivity contribution in [3.63, 3.8) is 0 Å². The van der Waals surface area contributed by atoms with Gasteiger partial charge in [0.25, 0.3) is 0 Å². The molecule has 0 saturated carbocycles. The molecule has 20 heavy (non-hydrogen) atoms. The zero-order chi connectivity index (χ0) is 15.0. The van der Waals surface area contributed by atoms with E-state index in [1.165, 1.54) is 12.1 Å². The Kier molecular flexibility index (Phi) is 6.77. The second-order valence-corrected chi connectivity index (χ2v) is 4.14. The monoisotopic (exact) mass is 293 g/mol. The summed E-state index contributed by atoms with van der Waals surface area (Å²) in [5, 5.41) is 3.14. The number of nitrogens with one attached hydrogen (secondary N) is 1. The molecule has 0 saturated heterocycles. The largest absolute Gasteiger partial charge is 0.573 e. The number of ether oxygens (including phenoxy) is 3. The highest BCUT2D eigenvalue weighted by Crippen LogP contribution is 2.22. The van der Waals surface area contributed by atoms with E-state index in [9.17, 15) is 13.2 Å². The smallest absolute Gasteiger partial charge is 0.406 e. The maximum absolute atomic E-state index is 12.0. The van der Waals surface area contributed by atoms with Crippen molar-refractivity contribution in [2.24, 2.45) is 0 Å². The Morgan fingerprint density at radius 3 is 2.30 bits per heavy atom. The third-order valence-corrected chi connectivity index (χ3v) is 2.54. The first kappa shape index (κ1) is 16.7. The zero-order valence-electron chi connectivity index (χ0n) is 11.4. The van der Waals surface area contributed by atoms with Crippen LogP contribution in [0.25, 0.3) is 0 Å². The molecule has 1 unspecified atom stereocenters. The fraction of sp³-hybridized carbons (Fsp3) is 0.538. The number of halogens is 3. The third kappa shape index (κ3) is 6.74. The van der Waals surface area contributed by atoms with E-state index in [1.807, 2.05) is 0 Å². The first-order valence-electron chi connectivity index (χ1n) is 6.01. The number of hydrogen-bond donors (Lipinski definition) is 1. The number of hydrogen-bond acceptors (Lipinski definition) is 4. The van der Waals surface area contributed by atoms with E-state index in [0.29, 0.717) is 19.7 Å². The first-order chi connectivity index (χ1) is 9.44. The van der Waals surface area contributed by atoms with Crippen molar-refractivity contribution in [2.45, 2.75) is 19.0 Å². The molecule has 1 N–H and O–H groups in total. The van der Waals surface area contributed by atoms with Gasteiger partial charge in [-0.3, -0.25) is 0 Å². The van der Waals surface area contributed by atoms with Crippen LogP contribution >= 0.6 is 0 Å². The molecule has 0 radical (unpaired) electrons. The van der Waals surface area contributed by atoms with Crippen LogP contribution in [-0.4, -0.2) is 39.8 Å². The summed E-state index contributed by atoms with van der Waals surface area (Å²) >= 11 is 0. The van der Waals surface area contributed by atoms with Crippen LogP contribution < -0.4 is 10.1 Å². The van der Waals surface area contributed by atoms with Gasteiger partial charge in [-0.2, -0.15) is 0 Å². The fourth-order valence-electron chi connectivity index (χ4n) is 1.58. The van der Waals surface area contributed by atoms with Crippen LogP contribution in [0.15, 0.2) is 24.3 Å². The minimum absolute atomic E-state index is 0.0622. The van der Waals surface area contributed by atoms with E-state index in [0.717, 1.165) is 5.56 Å². The van der Waals surface area contributed by atoms with E-state index in [2.05, 4.69) is 10.1 Å². The normalized spacial score (nSPS) is 13.2. The van der Waals surface area contributed by atoms with Crippen LogP contribution in [0.2, 0.25) is 0 Å². The summed E-state index contributed by atoms with van der Waals surface area (Å²) in [5.74, 6) is -0.226. The standard InChI is InChI=1S/C13H18F3NO3/c1-18-9-12(19-2)8-17-7-10-3-5-11(6-4-10)20-13(14,15)16/h3-6,12,17H,7-9H2,1-2H3.